The van der Waals surface area contributed by atoms with Crippen LogP contribution in [0.3, 0.4) is 0 Å². The van der Waals surface area contributed by atoms with Crippen LogP contribution in [0.5, 0.6) is 11.5 Å². The fraction of sp³-hybridized carbons (Fsp3) is 0.292. The van der Waals surface area contributed by atoms with Crippen molar-refractivity contribution in [3.8, 4) is 11.5 Å². The Morgan fingerprint density at radius 1 is 0.903 bits per heavy atom. The monoisotopic (exact) mass is 419 g/mol. The van der Waals surface area contributed by atoms with Crippen LogP contribution in [0.4, 0.5) is 4.39 Å². The first-order valence-electron chi connectivity index (χ1n) is 10.5. The molecule has 0 radical (unpaired) electrons. The average Bonchev–Trinajstić information content (AvgIpc) is 3.51. The second-order valence-electron chi connectivity index (χ2n) is 8.38. The molecule has 31 heavy (non-hydrogen) atoms. The van der Waals surface area contributed by atoms with E-state index in [4.69, 9.17) is 9.47 Å². The van der Waals surface area contributed by atoms with E-state index in [9.17, 15) is 9.18 Å². The van der Waals surface area contributed by atoms with E-state index in [1.54, 1.807) is 12.1 Å². The SMILES string of the molecule is O=C1c2cccn2[C@@H]2CN(Cc3ccc4c(c3)OCO4)C[C@@H]2N1Cc1ccc(F)cc1. The molecule has 6 nitrogen and oxygen atoms in total. The minimum absolute atomic E-state index is 0.0282. The zero-order valence-electron chi connectivity index (χ0n) is 16.9. The van der Waals surface area contributed by atoms with E-state index in [0.29, 0.717) is 12.2 Å². The van der Waals surface area contributed by atoms with Gasteiger partial charge in [-0.3, -0.25) is 9.69 Å². The Bertz CT molecular complexity index is 1140. The van der Waals surface area contributed by atoms with Gasteiger partial charge in [-0.25, -0.2) is 4.39 Å². The molecule has 0 bridgehead atoms. The second kappa shape index (κ2) is 7.13. The number of nitrogens with zero attached hydrogens (tertiary/aromatic N) is 3. The third kappa shape index (κ3) is 3.16. The molecule has 3 aliphatic rings. The highest BCUT2D eigenvalue weighted by atomic mass is 19.1. The van der Waals surface area contributed by atoms with Crippen molar-refractivity contribution in [1.82, 2.24) is 14.4 Å². The van der Waals surface area contributed by atoms with Crippen LogP contribution in [0.1, 0.15) is 27.7 Å². The minimum atomic E-state index is -0.267. The Morgan fingerprint density at radius 2 is 1.68 bits per heavy atom. The van der Waals surface area contributed by atoms with E-state index in [0.717, 1.165) is 42.3 Å². The third-order valence-electron chi connectivity index (χ3n) is 6.46. The number of likely N-dealkylation sites (tertiary alicyclic amines) is 1. The minimum Gasteiger partial charge on any atom is -0.454 e. The number of fused-ring (bicyclic) bond motifs is 4. The molecule has 0 saturated carbocycles. The van der Waals surface area contributed by atoms with Gasteiger partial charge in [0.1, 0.15) is 11.5 Å². The van der Waals surface area contributed by atoms with Crippen molar-refractivity contribution in [3.05, 3.63) is 83.4 Å². The Kier molecular flexibility index (Phi) is 4.24. The number of aromatic nitrogens is 1. The Hall–Kier alpha value is -3.32. The van der Waals surface area contributed by atoms with Gasteiger partial charge in [-0.1, -0.05) is 18.2 Å². The maximum absolute atomic E-state index is 13.3. The summed E-state index contributed by atoms with van der Waals surface area (Å²) in [5.74, 6) is 1.33. The van der Waals surface area contributed by atoms with Crippen LogP contribution in [0.2, 0.25) is 0 Å². The summed E-state index contributed by atoms with van der Waals surface area (Å²) in [6.07, 6.45) is 2.00. The molecule has 0 unspecified atom stereocenters. The van der Waals surface area contributed by atoms with Gasteiger partial charge in [0.2, 0.25) is 6.79 Å². The number of amides is 1. The van der Waals surface area contributed by atoms with Gasteiger partial charge < -0.3 is 18.9 Å². The lowest BCUT2D eigenvalue weighted by Crippen LogP contribution is -2.49. The molecule has 1 saturated heterocycles. The molecule has 1 amide bonds. The molecule has 6 rings (SSSR count). The van der Waals surface area contributed by atoms with Crippen LogP contribution < -0.4 is 9.47 Å². The van der Waals surface area contributed by atoms with Gasteiger partial charge in [0, 0.05) is 32.4 Å². The molecular weight excluding hydrogens is 397 g/mol. The zero-order chi connectivity index (χ0) is 20.9. The van der Waals surface area contributed by atoms with E-state index < -0.39 is 0 Å². The predicted octanol–water partition coefficient (Wildman–Crippen LogP) is 3.44. The number of carbonyl (C=O) groups is 1. The van der Waals surface area contributed by atoms with E-state index in [1.165, 1.54) is 12.1 Å². The zero-order valence-corrected chi connectivity index (χ0v) is 16.9. The van der Waals surface area contributed by atoms with Gasteiger partial charge in [-0.05, 0) is 47.5 Å². The summed E-state index contributed by atoms with van der Waals surface area (Å²) in [4.78, 5) is 17.6. The number of ether oxygens (including phenoxy) is 2. The normalized spacial score (nSPS) is 22.0. The topological polar surface area (TPSA) is 46.9 Å². The highest BCUT2D eigenvalue weighted by molar-refractivity contribution is 5.94. The van der Waals surface area contributed by atoms with Crippen LogP contribution in [0, 0.1) is 5.82 Å². The summed E-state index contributed by atoms with van der Waals surface area (Å²) in [6.45, 7) is 3.16. The molecule has 2 aromatic carbocycles. The average molecular weight is 419 g/mol. The van der Waals surface area contributed by atoms with Crippen LogP contribution in [0.25, 0.3) is 0 Å². The van der Waals surface area contributed by atoms with Gasteiger partial charge in [-0.2, -0.15) is 0 Å². The molecule has 3 aliphatic heterocycles. The second-order valence-corrected chi connectivity index (χ2v) is 8.38. The van der Waals surface area contributed by atoms with Gasteiger partial charge in [0.25, 0.3) is 5.91 Å². The highest BCUT2D eigenvalue weighted by Crippen LogP contribution is 2.37. The summed E-state index contributed by atoms with van der Waals surface area (Å²) in [6, 6.07) is 16.5. The van der Waals surface area contributed by atoms with Crippen molar-refractivity contribution in [3.63, 3.8) is 0 Å². The van der Waals surface area contributed by atoms with E-state index in [-0.39, 0.29) is 30.6 Å². The van der Waals surface area contributed by atoms with E-state index >= 15 is 0 Å². The summed E-state index contributed by atoms with van der Waals surface area (Å²) in [5.41, 5.74) is 2.81. The molecule has 0 N–H and O–H groups in total. The Morgan fingerprint density at radius 3 is 2.55 bits per heavy atom. The molecule has 1 aromatic heterocycles. The lowest BCUT2D eigenvalue weighted by atomic mass is 10.0. The van der Waals surface area contributed by atoms with Crippen molar-refractivity contribution in [2.75, 3.05) is 19.9 Å². The molecule has 158 valence electrons. The van der Waals surface area contributed by atoms with Crippen molar-refractivity contribution in [2.45, 2.75) is 25.2 Å². The number of carbonyl (C=O) groups excluding carboxylic acids is 1. The number of rotatable bonds is 4. The third-order valence-corrected chi connectivity index (χ3v) is 6.46. The van der Waals surface area contributed by atoms with Gasteiger partial charge in [-0.15, -0.1) is 0 Å². The van der Waals surface area contributed by atoms with E-state index in [2.05, 4.69) is 15.5 Å². The standard InChI is InChI=1S/C24H22FN3O3/c25-18-6-3-16(4-7-18)12-28-21-14-26(11-17-5-8-22-23(10-17)31-15-30-22)13-20(21)27-9-1-2-19(27)24(28)29/h1-10,20-21H,11-15H2/t20-,21+/m1/s1. The summed E-state index contributed by atoms with van der Waals surface area (Å²) >= 11 is 0. The Balaban J connectivity index is 1.27. The lowest BCUT2D eigenvalue weighted by Gasteiger charge is -2.38. The van der Waals surface area contributed by atoms with Crippen LogP contribution in [0.15, 0.2) is 60.8 Å². The number of hydrogen-bond donors (Lipinski definition) is 0. The van der Waals surface area contributed by atoms with Gasteiger partial charge in [0.05, 0.1) is 12.1 Å². The number of hydrogen-bond acceptors (Lipinski definition) is 4. The molecule has 4 heterocycles. The van der Waals surface area contributed by atoms with Crippen molar-refractivity contribution < 1.29 is 18.7 Å². The first-order chi connectivity index (χ1) is 15.2. The lowest BCUT2D eigenvalue weighted by molar-refractivity contribution is 0.0556. The largest absolute Gasteiger partial charge is 0.454 e. The number of halogens is 1. The quantitative estimate of drug-likeness (QED) is 0.650. The van der Waals surface area contributed by atoms with Gasteiger partial charge >= 0.3 is 0 Å². The summed E-state index contributed by atoms with van der Waals surface area (Å²) in [5, 5.41) is 0. The smallest absolute Gasteiger partial charge is 0.271 e. The first kappa shape index (κ1) is 18.4. The molecule has 1 fully saturated rings. The molecule has 0 spiro atoms. The fourth-order valence-corrected chi connectivity index (χ4v) is 4.99. The van der Waals surface area contributed by atoms with Crippen LogP contribution in [-0.4, -0.2) is 46.2 Å². The van der Waals surface area contributed by atoms with Crippen molar-refractivity contribution in [1.29, 1.82) is 0 Å². The predicted molar refractivity (Wildman–Crippen MR) is 111 cm³/mol. The van der Waals surface area contributed by atoms with Crippen molar-refractivity contribution in [2.24, 2.45) is 0 Å². The molecule has 2 atom stereocenters. The molecule has 3 aromatic rings. The molecule has 7 heteroatoms. The Labute approximate surface area is 179 Å². The number of benzene rings is 2. The fourth-order valence-electron chi connectivity index (χ4n) is 4.99. The van der Waals surface area contributed by atoms with Gasteiger partial charge in [0.15, 0.2) is 11.5 Å². The van der Waals surface area contributed by atoms with Crippen LogP contribution in [-0.2, 0) is 13.1 Å². The maximum Gasteiger partial charge on any atom is 0.271 e. The van der Waals surface area contributed by atoms with Crippen molar-refractivity contribution >= 4 is 5.91 Å². The summed E-state index contributed by atoms with van der Waals surface area (Å²) < 4.78 is 26.4. The van der Waals surface area contributed by atoms with E-state index in [1.807, 2.05) is 35.4 Å². The molecular formula is C24H22FN3O3. The summed E-state index contributed by atoms with van der Waals surface area (Å²) in [7, 11) is 0. The van der Waals surface area contributed by atoms with Crippen LogP contribution >= 0.6 is 0 Å². The first-order valence-corrected chi connectivity index (χ1v) is 10.5. The molecule has 0 aliphatic carbocycles. The maximum atomic E-state index is 13.3. The highest BCUT2D eigenvalue weighted by Gasteiger charge is 2.44.